The van der Waals surface area contributed by atoms with Crippen molar-refractivity contribution < 1.29 is 9.53 Å². The molecule has 6 heteroatoms. The maximum atomic E-state index is 12.9. The topological polar surface area (TPSA) is 42.4 Å². The van der Waals surface area contributed by atoms with Crippen LogP contribution in [0.5, 0.6) is 0 Å². The van der Waals surface area contributed by atoms with Crippen LogP contribution in [0.2, 0.25) is 14.8 Å². The van der Waals surface area contributed by atoms with E-state index >= 15 is 0 Å². The van der Waals surface area contributed by atoms with Crippen LogP contribution in [0.15, 0.2) is 24.4 Å². The van der Waals surface area contributed by atoms with Crippen molar-refractivity contribution in [2.75, 3.05) is 4.90 Å². The molecule has 0 fully saturated rings. The van der Waals surface area contributed by atoms with Crippen LogP contribution in [-0.4, -0.2) is 35.1 Å². The summed E-state index contributed by atoms with van der Waals surface area (Å²) in [5.41, 5.74) is 2.46. The van der Waals surface area contributed by atoms with Crippen LogP contribution in [0.1, 0.15) is 31.9 Å². The Morgan fingerprint density at radius 1 is 1.12 bits per heavy atom. The number of rotatable bonds is 3. The van der Waals surface area contributed by atoms with Gasteiger partial charge in [-0.2, -0.15) is 0 Å². The molecule has 4 nitrogen and oxygen atoms in total. The van der Waals surface area contributed by atoms with Gasteiger partial charge in [0, 0.05) is 0 Å². The number of ether oxygens (including phenoxy) is 1. The van der Waals surface area contributed by atoms with Crippen LogP contribution < -0.4 is 7.79 Å². The number of benzene rings is 1. The van der Waals surface area contributed by atoms with Crippen LogP contribution in [0, 0.1) is 13.8 Å². The number of hydrogen-bond donors (Lipinski definition) is 0. The molecule has 0 saturated heterocycles. The molecule has 0 unspecified atom stereocenters. The first kappa shape index (κ1) is 20.2. The van der Waals surface area contributed by atoms with E-state index in [9.17, 15) is 4.79 Å². The fourth-order valence-electron chi connectivity index (χ4n) is 2.40. The monoisotopic (exact) mass is 468 g/mol. The molecule has 1 aromatic carbocycles. The van der Waals surface area contributed by atoms with Gasteiger partial charge in [0.25, 0.3) is 0 Å². The fourth-order valence-corrected chi connectivity index (χ4v) is 8.07. The summed E-state index contributed by atoms with van der Waals surface area (Å²) in [5, 5.41) is 0.681. The molecule has 0 spiro atoms. The first-order valence-corrected chi connectivity index (χ1v) is 19.2. The minimum atomic E-state index is -2.24. The van der Waals surface area contributed by atoms with E-state index in [4.69, 9.17) is 4.74 Å². The summed E-state index contributed by atoms with van der Waals surface area (Å²) in [6.07, 6.45) is 1.55. The number of thiazole rings is 1. The van der Waals surface area contributed by atoms with E-state index in [0.717, 1.165) is 16.8 Å². The van der Waals surface area contributed by atoms with E-state index in [2.05, 4.69) is 25.9 Å². The standard InChI is InChI=1S/C16H19N2O2S.3CH3.Sn/c1-11-8-12(2)10-13(9-11)18(14-17-6-7-21-14)15(19)20-16(3,4)5;;;;/h6,8-10H,1-5H3;3*1H3;. The van der Waals surface area contributed by atoms with Crippen LogP contribution in [0.25, 0.3) is 0 Å². The van der Waals surface area contributed by atoms with Gasteiger partial charge in [0.1, 0.15) is 0 Å². The summed E-state index contributed by atoms with van der Waals surface area (Å²) in [6, 6.07) is 6.09. The first-order valence-electron chi connectivity index (χ1n) is 8.44. The number of nitrogens with zero attached hydrogens (tertiary/aromatic N) is 2. The van der Waals surface area contributed by atoms with Crippen LogP contribution >= 0.6 is 11.3 Å². The quantitative estimate of drug-likeness (QED) is 0.570. The summed E-state index contributed by atoms with van der Waals surface area (Å²) in [5.74, 6) is 0. The third-order valence-electron chi connectivity index (χ3n) is 3.46. The molecule has 25 heavy (non-hydrogen) atoms. The fraction of sp³-hybridized carbons (Fsp3) is 0.474. The van der Waals surface area contributed by atoms with Gasteiger partial charge in [0.2, 0.25) is 0 Å². The zero-order valence-electron chi connectivity index (χ0n) is 16.4. The van der Waals surface area contributed by atoms with Crippen molar-refractivity contribution in [3.8, 4) is 0 Å². The summed E-state index contributed by atoms with van der Waals surface area (Å²) in [6.45, 7) is 9.70. The number of hydrogen-bond acceptors (Lipinski definition) is 4. The second-order valence-electron chi connectivity index (χ2n) is 8.42. The number of carbonyl (C=O) groups excluding carboxylic acids is 1. The molecule has 136 valence electrons. The van der Waals surface area contributed by atoms with Gasteiger partial charge < -0.3 is 0 Å². The molecule has 2 rings (SSSR count). The van der Waals surface area contributed by atoms with Gasteiger partial charge in [0.15, 0.2) is 0 Å². The van der Waals surface area contributed by atoms with Crippen molar-refractivity contribution in [3.05, 3.63) is 35.5 Å². The number of amides is 1. The van der Waals surface area contributed by atoms with E-state index in [1.54, 1.807) is 16.2 Å². The molecule has 0 aliphatic rings. The Kier molecular flexibility index (Phi) is 5.88. The van der Waals surface area contributed by atoms with Crippen molar-refractivity contribution in [1.82, 2.24) is 4.98 Å². The molecule has 1 amide bonds. The summed E-state index contributed by atoms with van der Waals surface area (Å²) in [7, 11) is 0. The molecule has 0 atom stereocenters. The molecule has 2 aromatic rings. The molecular weight excluding hydrogens is 439 g/mol. The van der Waals surface area contributed by atoms with Gasteiger partial charge in [-0.3, -0.25) is 0 Å². The van der Waals surface area contributed by atoms with E-state index in [1.807, 2.05) is 52.9 Å². The van der Waals surface area contributed by atoms with E-state index in [0.29, 0.717) is 5.13 Å². The number of aromatic nitrogens is 1. The second-order valence-corrected chi connectivity index (χ2v) is 24.8. The molecule has 0 N–H and O–H groups in total. The summed E-state index contributed by atoms with van der Waals surface area (Å²) in [4.78, 5) is 26.1. The summed E-state index contributed by atoms with van der Waals surface area (Å²) >= 11 is -0.622. The molecule has 1 heterocycles. The summed E-state index contributed by atoms with van der Waals surface area (Å²) < 4.78 is 6.99. The number of aryl methyl sites for hydroxylation is 2. The molecule has 1 aromatic heterocycles. The zero-order valence-corrected chi connectivity index (χ0v) is 20.1. The van der Waals surface area contributed by atoms with Gasteiger partial charge in [0.05, 0.1) is 0 Å². The Morgan fingerprint density at radius 3 is 2.12 bits per heavy atom. The third-order valence-corrected chi connectivity index (χ3v) is 13.8. The predicted molar refractivity (Wildman–Crippen MR) is 109 cm³/mol. The van der Waals surface area contributed by atoms with Crippen molar-refractivity contribution in [1.29, 1.82) is 0 Å². The van der Waals surface area contributed by atoms with Crippen molar-refractivity contribution in [2.45, 2.75) is 55.0 Å². The van der Waals surface area contributed by atoms with E-state index < -0.39 is 24.0 Å². The number of carbonyl (C=O) groups is 1. The number of anilines is 2. The van der Waals surface area contributed by atoms with Gasteiger partial charge in [-0.15, -0.1) is 0 Å². The van der Waals surface area contributed by atoms with Crippen LogP contribution in [0.4, 0.5) is 15.6 Å². The molecule has 0 saturated carbocycles. The maximum absolute atomic E-state index is 12.9. The Labute approximate surface area is 159 Å². The first-order chi connectivity index (χ1) is 11.4. The molecule has 0 radical (unpaired) electrons. The van der Waals surface area contributed by atoms with Crippen LogP contribution in [0.3, 0.4) is 0 Å². The Morgan fingerprint density at radius 2 is 1.68 bits per heavy atom. The average molecular weight is 467 g/mol. The zero-order chi connectivity index (χ0) is 19.0. The normalized spacial score (nSPS) is 12.2. The predicted octanol–water partition coefficient (Wildman–Crippen LogP) is 5.38. The van der Waals surface area contributed by atoms with E-state index in [1.165, 1.54) is 2.89 Å². The van der Waals surface area contributed by atoms with Gasteiger partial charge in [-0.1, -0.05) is 0 Å². The Hall–Kier alpha value is -1.08. The Bertz CT molecular complexity index is 752. The van der Waals surface area contributed by atoms with Gasteiger partial charge in [-0.25, -0.2) is 0 Å². The molecule has 0 aliphatic carbocycles. The van der Waals surface area contributed by atoms with E-state index in [-0.39, 0.29) is 6.09 Å². The molecular formula is C19H28N2O2SSn. The van der Waals surface area contributed by atoms with Gasteiger partial charge >= 0.3 is 159 Å². The average Bonchev–Trinajstić information content (AvgIpc) is 2.84. The molecule has 0 bridgehead atoms. The SMILES string of the molecule is Cc1cc(C)cc(N(C(=O)OC(C)(C)C)c2nc[c]([Sn]([CH3])([CH3])[CH3])s2)c1. The third kappa shape index (κ3) is 5.44. The van der Waals surface area contributed by atoms with Crippen molar-refractivity contribution >= 4 is 49.5 Å². The van der Waals surface area contributed by atoms with Gasteiger partial charge in [-0.05, 0) is 0 Å². The Balaban J connectivity index is 2.52. The van der Waals surface area contributed by atoms with Crippen molar-refractivity contribution in [3.63, 3.8) is 0 Å². The molecule has 0 aliphatic heterocycles. The van der Waals surface area contributed by atoms with Crippen molar-refractivity contribution in [2.24, 2.45) is 0 Å². The van der Waals surface area contributed by atoms with Crippen LogP contribution in [-0.2, 0) is 4.74 Å². The second kappa shape index (κ2) is 7.27. The minimum absolute atomic E-state index is 0.387.